The van der Waals surface area contributed by atoms with Crippen LogP contribution in [0.5, 0.6) is 0 Å². The minimum Gasteiger partial charge on any atom is -0.286 e. The van der Waals surface area contributed by atoms with Crippen molar-refractivity contribution < 1.29 is 10.0 Å². The van der Waals surface area contributed by atoms with Gasteiger partial charge in [-0.25, -0.2) is 5.06 Å². The summed E-state index contributed by atoms with van der Waals surface area (Å²) in [5.74, 6) is 0.206. The van der Waals surface area contributed by atoms with Gasteiger partial charge in [-0.05, 0) is 19.3 Å². The molecule has 1 N–H and O–H groups in total. The third kappa shape index (κ3) is 3.98. The molecule has 0 aromatic rings. The minimum absolute atomic E-state index is 0.0764. The van der Waals surface area contributed by atoms with Crippen molar-refractivity contribution in [2.75, 3.05) is 0 Å². The highest BCUT2D eigenvalue weighted by atomic mass is 16.5. The fourth-order valence-corrected chi connectivity index (χ4v) is 1.09. The quantitative estimate of drug-likeness (QED) is 0.502. The number of hydroxylamine groups is 2. The Morgan fingerprint density at radius 2 is 1.91 bits per heavy atom. The number of amides is 1. The average Bonchev–Trinajstić information content (AvgIpc) is 1.84. The van der Waals surface area contributed by atoms with Crippen molar-refractivity contribution in [3.8, 4) is 0 Å². The van der Waals surface area contributed by atoms with E-state index in [1.165, 1.54) is 6.92 Å². The smallest absolute Gasteiger partial charge is 0.243 e. The van der Waals surface area contributed by atoms with Gasteiger partial charge < -0.3 is 0 Å². The van der Waals surface area contributed by atoms with Crippen molar-refractivity contribution >= 4 is 5.91 Å². The van der Waals surface area contributed by atoms with Crippen molar-refractivity contribution in [3.05, 3.63) is 0 Å². The lowest BCUT2D eigenvalue weighted by Crippen LogP contribution is -2.34. The molecule has 0 bridgehead atoms. The van der Waals surface area contributed by atoms with Crippen LogP contribution in [0.15, 0.2) is 0 Å². The van der Waals surface area contributed by atoms with Crippen molar-refractivity contribution in [2.24, 2.45) is 5.92 Å². The van der Waals surface area contributed by atoms with Crippen LogP contribution in [0.2, 0.25) is 0 Å². The van der Waals surface area contributed by atoms with E-state index in [4.69, 9.17) is 5.21 Å². The van der Waals surface area contributed by atoms with Crippen LogP contribution in [0.1, 0.15) is 34.1 Å². The molecule has 0 aromatic heterocycles. The molecule has 3 nitrogen and oxygen atoms in total. The van der Waals surface area contributed by atoms with E-state index < -0.39 is 0 Å². The number of hydrogen-bond donors (Lipinski definition) is 1. The van der Waals surface area contributed by atoms with Gasteiger partial charge in [0, 0.05) is 6.92 Å². The van der Waals surface area contributed by atoms with E-state index in [0.29, 0.717) is 5.92 Å². The molecule has 0 heterocycles. The first-order chi connectivity index (χ1) is 4.95. The molecule has 1 atom stereocenters. The Bertz CT molecular complexity index is 134. The van der Waals surface area contributed by atoms with Crippen LogP contribution < -0.4 is 0 Å². The molecular formula is C8H17NO2. The third-order valence-corrected chi connectivity index (χ3v) is 1.55. The summed E-state index contributed by atoms with van der Waals surface area (Å²) in [6.45, 7) is 7.31. The van der Waals surface area contributed by atoms with Gasteiger partial charge in [-0.15, -0.1) is 0 Å². The van der Waals surface area contributed by atoms with Gasteiger partial charge in [0.1, 0.15) is 0 Å². The lowest BCUT2D eigenvalue weighted by atomic mass is 10.1. The molecule has 0 spiro atoms. The van der Waals surface area contributed by atoms with Crippen LogP contribution in [0, 0.1) is 5.92 Å². The van der Waals surface area contributed by atoms with Crippen molar-refractivity contribution in [2.45, 2.75) is 40.2 Å². The number of carbonyl (C=O) groups is 1. The second-order valence-corrected chi connectivity index (χ2v) is 3.34. The van der Waals surface area contributed by atoms with Gasteiger partial charge in [0.25, 0.3) is 0 Å². The van der Waals surface area contributed by atoms with Crippen LogP contribution in [0.4, 0.5) is 0 Å². The van der Waals surface area contributed by atoms with Crippen LogP contribution in [0.3, 0.4) is 0 Å². The Labute approximate surface area is 68.0 Å². The molecule has 0 aromatic carbocycles. The maximum atomic E-state index is 10.6. The Hall–Kier alpha value is -0.570. The molecule has 1 unspecified atom stereocenters. The van der Waals surface area contributed by atoms with Gasteiger partial charge in [0.05, 0.1) is 6.04 Å². The number of rotatable bonds is 3. The predicted octanol–water partition coefficient (Wildman–Crippen LogP) is 1.66. The molecule has 0 radical (unpaired) electrons. The van der Waals surface area contributed by atoms with Crippen LogP contribution >= 0.6 is 0 Å². The highest BCUT2D eigenvalue weighted by Gasteiger charge is 2.14. The summed E-state index contributed by atoms with van der Waals surface area (Å²) in [6.07, 6.45) is 0.829. The standard InChI is InChI=1S/C8H17NO2/c1-6(2)5-7(3)9(11)8(4)10/h6-7,11H,5H2,1-4H3. The summed E-state index contributed by atoms with van der Waals surface area (Å²) in [5, 5.41) is 9.92. The summed E-state index contributed by atoms with van der Waals surface area (Å²) >= 11 is 0. The molecule has 0 fully saturated rings. The van der Waals surface area contributed by atoms with E-state index in [2.05, 4.69) is 13.8 Å². The van der Waals surface area contributed by atoms with Crippen LogP contribution in [-0.2, 0) is 4.79 Å². The zero-order valence-electron chi connectivity index (χ0n) is 7.66. The van der Waals surface area contributed by atoms with Crippen molar-refractivity contribution in [1.29, 1.82) is 0 Å². The largest absolute Gasteiger partial charge is 0.286 e. The SMILES string of the molecule is CC(=O)N(O)C(C)CC(C)C. The Morgan fingerprint density at radius 3 is 2.18 bits per heavy atom. The van der Waals surface area contributed by atoms with E-state index in [1.807, 2.05) is 6.92 Å². The lowest BCUT2D eigenvalue weighted by Gasteiger charge is -2.22. The molecule has 66 valence electrons. The van der Waals surface area contributed by atoms with Crippen LogP contribution in [-0.4, -0.2) is 22.2 Å². The van der Waals surface area contributed by atoms with Gasteiger partial charge in [-0.3, -0.25) is 10.0 Å². The van der Waals surface area contributed by atoms with E-state index in [1.54, 1.807) is 0 Å². The van der Waals surface area contributed by atoms with E-state index in [-0.39, 0.29) is 11.9 Å². The first-order valence-electron chi connectivity index (χ1n) is 3.93. The molecule has 0 rings (SSSR count). The van der Waals surface area contributed by atoms with Gasteiger partial charge in [0.2, 0.25) is 5.91 Å². The monoisotopic (exact) mass is 159 g/mol. The van der Waals surface area contributed by atoms with Gasteiger partial charge >= 0.3 is 0 Å². The van der Waals surface area contributed by atoms with E-state index in [0.717, 1.165) is 11.5 Å². The molecule has 0 aliphatic heterocycles. The zero-order valence-corrected chi connectivity index (χ0v) is 7.66. The number of hydrogen-bond acceptors (Lipinski definition) is 2. The number of nitrogens with zero attached hydrogens (tertiary/aromatic N) is 1. The molecular weight excluding hydrogens is 142 g/mol. The normalized spacial score (nSPS) is 13.3. The predicted molar refractivity (Wildman–Crippen MR) is 43.2 cm³/mol. The summed E-state index contributed by atoms with van der Waals surface area (Å²) in [4.78, 5) is 10.6. The topological polar surface area (TPSA) is 40.5 Å². The number of carbonyl (C=O) groups excluding carboxylic acids is 1. The first-order valence-corrected chi connectivity index (χ1v) is 3.93. The van der Waals surface area contributed by atoms with Gasteiger partial charge in [0.15, 0.2) is 0 Å². The lowest BCUT2D eigenvalue weighted by molar-refractivity contribution is -0.172. The van der Waals surface area contributed by atoms with E-state index >= 15 is 0 Å². The molecule has 11 heavy (non-hydrogen) atoms. The summed E-state index contributed by atoms with van der Waals surface area (Å²) in [7, 11) is 0. The van der Waals surface area contributed by atoms with Crippen LogP contribution in [0.25, 0.3) is 0 Å². The Balaban J connectivity index is 3.82. The Morgan fingerprint density at radius 1 is 1.45 bits per heavy atom. The third-order valence-electron chi connectivity index (χ3n) is 1.55. The molecule has 0 aliphatic carbocycles. The zero-order chi connectivity index (χ0) is 9.02. The van der Waals surface area contributed by atoms with E-state index in [9.17, 15) is 4.79 Å². The highest BCUT2D eigenvalue weighted by molar-refractivity contribution is 5.72. The van der Waals surface area contributed by atoms with Crippen molar-refractivity contribution in [3.63, 3.8) is 0 Å². The van der Waals surface area contributed by atoms with Gasteiger partial charge in [-0.1, -0.05) is 13.8 Å². The summed E-state index contributed by atoms with van der Waals surface area (Å²) in [6, 6.07) is -0.0764. The first kappa shape index (κ1) is 10.4. The minimum atomic E-state index is -0.293. The second kappa shape index (κ2) is 4.34. The molecule has 0 saturated heterocycles. The fraction of sp³-hybridized carbons (Fsp3) is 0.875. The maximum Gasteiger partial charge on any atom is 0.243 e. The molecule has 0 aliphatic rings. The summed E-state index contributed by atoms with van der Waals surface area (Å²) in [5.41, 5.74) is 0. The second-order valence-electron chi connectivity index (χ2n) is 3.34. The molecule has 3 heteroatoms. The highest BCUT2D eigenvalue weighted by Crippen LogP contribution is 2.08. The van der Waals surface area contributed by atoms with Gasteiger partial charge in [-0.2, -0.15) is 0 Å². The molecule has 0 saturated carbocycles. The average molecular weight is 159 g/mol. The fourth-order valence-electron chi connectivity index (χ4n) is 1.09. The Kier molecular flexibility index (Phi) is 4.11. The molecule has 1 amide bonds. The van der Waals surface area contributed by atoms with Crippen molar-refractivity contribution in [1.82, 2.24) is 5.06 Å². The maximum absolute atomic E-state index is 10.6. The summed E-state index contributed by atoms with van der Waals surface area (Å²) < 4.78 is 0.